The topological polar surface area (TPSA) is 33.4 Å². The molecule has 0 aromatic carbocycles. The fourth-order valence-corrected chi connectivity index (χ4v) is 2.22. The van der Waals surface area contributed by atoms with E-state index in [2.05, 4.69) is 39.0 Å². The van der Waals surface area contributed by atoms with Crippen LogP contribution in [0.25, 0.3) is 0 Å². The Bertz CT molecular complexity index is 500. The van der Waals surface area contributed by atoms with Crippen LogP contribution in [0.1, 0.15) is 58.9 Å². The molecule has 0 aliphatic rings. The van der Waals surface area contributed by atoms with Crippen molar-refractivity contribution in [3.8, 4) is 0 Å². The molecule has 22 heavy (non-hydrogen) atoms. The molecule has 0 amide bonds. The summed E-state index contributed by atoms with van der Waals surface area (Å²) in [5, 5.41) is 10.0. The van der Waals surface area contributed by atoms with Crippen LogP contribution in [0.4, 0.5) is 0 Å². The summed E-state index contributed by atoms with van der Waals surface area (Å²) in [5.41, 5.74) is 4.99. The van der Waals surface area contributed by atoms with Crippen LogP contribution in [0.15, 0.2) is 58.0 Å². The van der Waals surface area contributed by atoms with Crippen molar-refractivity contribution >= 4 is 0 Å². The number of hydrogen-bond donors (Lipinski definition) is 1. The Hall–Kier alpha value is -1.54. The molecule has 122 valence electrons. The molecular formula is C20H30O2. The van der Waals surface area contributed by atoms with Gasteiger partial charge in [0.25, 0.3) is 0 Å². The number of aliphatic hydroxyl groups is 1. The van der Waals surface area contributed by atoms with Gasteiger partial charge in [-0.2, -0.15) is 0 Å². The molecule has 2 heteroatoms. The lowest BCUT2D eigenvalue weighted by atomic mass is 10.0. The van der Waals surface area contributed by atoms with Gasteiger partial charge in [-0.15, -0.1) is 0 Å². The van der Waals surface area contributed by atoms with Crippen molar-refractivity contribution in [3.05, 3.63) is 59.1 Å². The van der Waals surface area contributed by atoms with Crippen LogP contribution < -0.4 is 0 Å². The molecule has 0 radical (unpaired) electrons. The predicted molar refractivity (Wildman–Crippen MR) is 93.8 cm³/mol. The standard InChI is InChI=1S/C20H30O2/c1-16(2)11-12-20(21)18(4)9-5-7-17(3)8-6-10-19-13-14-22-15-19/h8-9,11,13-15,20-21H,5-7,10,12H2,1-4H3/t20-/m1/s1. The molecule has 0 fully saturated rings. The van der Waals surface area contributed by atoms with Gasteiger partial charge in [-0.25, -0.2) is 0 Å². The monoisotopic (exact) mass is 302 g/mol. The van der Waals surface area contributed by atoms with E-state index in [0.717, 1.165) is 31.3 Å². The molecule has 0 spiro atoms. The van der Waals surface area contributed by atoms with Crippen LogP contribution in [0.3, 0.4) is 0 Å². The van der Waals surface area contributed by atoms with Gasteiger partial charge in [-0.05, 0) is 77.0 Å². The second-order valence-electron chi connectivity index (χ2n) is 6.24. The Labute approximate surface area is 135 Å². The van der Waals surface area contributed by atoms with Gasteiger partial charge in [-0.1, -0.05) is 29.4 Å². The number of furan rings is 1. The van der Waals surface area contributed by atoms with Crippen molar-refractivity contribution in [2.24, 2.45) is 0 Å². The first-order valence-corrected chi connectivity index (χ1v) is 8.14. The fourth-order valence-electron chi connectivity index (χ4n) is 2.22. The lowest BCUT2D eigenvalue weighted by molar-refractivity contribution is 0.213. The largest absolute Gasteiger partial charge is 0.472 e. The second-order valence-corrected chi connectivity index (χ2v) is 6.24. The highest BCUT2D eigenvalue weighted by Gasteiger charge is 2.03. The summed E-state index contributed by atoms with van der Waals surface area (Å²) in [5.74, 6) is 0. The third kappa shape index (κ3) is 8.04. The molecule has 0 unspecified atom stereocenters. The van der Waals surface area contributed by atoms with E-state index in [4.69, 9.17) is 4.42 Å². The Morgan fingerprint density at radius 1 is 1.14 bits per heavy atom. The van der Waals surface area contributed by atoms with Crippen molar-refractivity contribution in [2.75, 3.05) is 0 Å². The number of allylic oxidation sites excluding steroid dienone is 4. The summed E-state index contributed by atoms with van der Waals surface area (Å²) in [6.07, 6.45) is 14.6. The maximum Gasteiger partial charge on any atom is 0.0934 e. The minimum Gasteiger partial charge on any atom is -0.472 e. The number of hydrogen-bond acceptors (Lipinski definition) is 2. The number of aliphatic hydroxyl groups excluding tert-OH is 1. The second kappa shape index (κ2) is 10.2. The normalized spacial score (nSPS) is 14.0. The molecule has 1 rings (SSSR count). The first kappa shape index (κ1) is 18.5. The quantitative estimate of drug-likeness (QED) is 0.602. The lowest BCUT2D eigenvalue weighted by Gasteiger charge is -2.09. The average Bonchev–Trinajstić information content (AvgIpc) is 2.97. The van der Waals surface area contributed by atoms with Gasteiger partial charge >= 0.3 is 0 Å². The van der Waals surface area contributed by atoms with Gasteiger partial charge < -0.3 is 9.52 Å². The van der Waals surface area contributed by atoms with Crippen molar-refractivity contribution < 1.29 is 9.52 Å². The van der Waals surface area contributed by atoms with Crippen LogP contribution in [-0.4, -0.2) is 11.2 Å². The summed E-state index contributed by atoms with van der Waals surface area (Å²) in [6.45, 7) is 8.31. The average molecular weight is 302 g/mol. The Morgan fingerprint density at radius 3 is 2.55 bits per heavy atom. The highest BCUT2D eigenvalue weighted by atomic mass is 16.3. The van der Waals surface area contributed by atoms with E-state index >= 15 is 0 Å². The first-order valence-electron chi connectivity index (χ1n) is 8.14. The summed E-state index contributed by atoms with van der Waals surface area (Å²) >= 11 is 0. The van der Waals surface area contributed by atoms with E-state index < -0.39 is 0 Å². The molecule has 2 nitrogen and oxygen atoms in total. The molecule has 0 aliphatic carbocycles. The maximum atomic E-state index is 10.0. The van der Waals surface area contributed by atoms with Gasteiger partial charge in [0, 0.05) is 0 Å². The summed E-state index contributed by atoms with van der Waals surface area (Å²) in [7, 11) is 0. The Balaban J connectivity index is 2.28. The smallest absolute Gasteiger partial charge is 0.0934 e. The molecule has 0 saturated heterocycles. The minimum absolute atomic E-state index is 0.347. The summed E-state index contributed by atoms with van der Waals surface area (Å²) in [4.78, 5) is 0. The lowest BCUT2D eigenvalue weighted by Crippen LogP contribution is -2.06. The van der Waals surface area contributed by atoms with Gasteiger partial charge in [0.1, 0.15) is 0 Å². The highest BCUT2D eigenvalue weighted by molar-refractivity contribution is 5.11. The van der Waals surface area contributed by atoms with Gasteiger partial charge in [0.2, 0.25) is 0 Å². The van der Waals surface area contributed by atoms with Crippen LogP contribution in [0.2, 0.25) is 0 Å². The van der Waals surface area contributed by atoms with E-state index in [9.17, 15) is 5.11 Å². The molecular weight excluding hydrogens is 272 g/mol. The fraction of sp³-hybridized carbons (Fsp3) is 0.500. The molecule has 1 aromatic heterocycles. The van der Waals surface area contributed by atoms with Crippen molar-refractivity contribution in [1.29, 1.82) is 0 Å². The Morgan fingerprint density at radius 2 is 1.91 bits per heavy atom. The molecule has 1 aromatic rings. The molecule has 0 saturated carbocycles. The van der Waals surface area contributed by atoms with Crippen LogP contribution in [0.5, 0.6) is 0 Å². The summed E-state index contributed by atoms with van der Waals surface area (Å²) in [6, 6.07) is 2.02. The van der Waals surface area contributed by atoms with E-state index in [0.29, 0.717) is 6.42 Å². The maximum absolute atomic E-state index is 10.0. The van der Waals surface area contributed by atoms with Gasteiger partial charge in [-0.3, -0.25) is 0 Å². The first-order chi connectivity index (χ1) is 10.5. The van der Waals surface area contributed by atoms with E-state index in [1.807, 2.05) is 19.3 Å². The van der Waals surface area contributed by atoms with E-state index in [-0.39, 0.29) is 6.10 Å². The third-order valence-electron chi connectivity index (χ3n) is 3.79. The molecule has 1 N–H and O–H groups in total. The zero-order chi connectivity index (χ0) is 16.4. The SMILES string of the molecule is CC(C)=CC[C@@H](O)C(C)=CCCC(C)=CCCc1ccoc1. The van der Waals surface area contributed by atoms with Crippen molar-refractivity contribution in [3.63, 3.8) is 0 Å². The number of rotatable bonds is 9. The van der Waals surface area contributed by atoms with E-state index in [1.54, 1.807) is 6.26 Å². The predicted octanol–water partition coefficient (Wildman–Crippen LogP) is 5.60. The van der Waals surface area contributed by atoms with Crippen LogP contribution >= 0.6 is 0 Å². The summed E-state index contributed by atoms with van der Waals surface area (Å²) < 4.78 is 5.06. The van der Waals surface area contributed by atoms with Crippen LogP contribution in [0, 0.1) is 0 Å². The third-order valence-corrected chi connectivity index (χ3v) is 3.79. The van der Waals surface area contributed by atoms with E-state index in [1.165, 1.54) is 16.7 Å². The number of aryl methyl sites for hydroxylation is 1. The zero-order valence-electron chi connectivity index (χ0n) is 14.4. The molecule has 1 atom stereocenters. The minimum atomic E-state index is -0.347. The van der Waals surface area contributed by atoms with Crippen LogP contribution in [-0.2, 0) is 6.42 Å². The zero-order valence-corrected chi connectivity index (χ0v) is 14.4. The van der Waals surface area contributed by atoms with Gasteiger partial charge in [0.05, 0.1) is 18.6 Å². The van der Waals surface area contributed by atoms with Crippen molar-refractivity contribution in [2.45, 2.75) is 65.9 Å². The Kier molecular flexibility index (Phi) is 8.61. The molecule has 0 bridgehead atoms. The van der Waals surface area contributed by atoms with Crippen molar-refractivity contribution in [1.82, 2.24) is 0 Å². The molecule has 0 aliphatic heterocycles. The highest BCUT2D eigenvalue weighted by Crippen LogP contribution is 2.13. The van der Waals surface area contributed by atoms with Gasteiger partial charge in [0.15, 0.2) is 0 Å². The molecule has 1 heterocycles.